The summed E-state index contributed by atoms with van der Waals surface area (Å²) in [5.41, 5.74) is 2.28. The van der Waals surface area contributed by atoms with Gasteiger partial charge < -0.3 is 20.5 Å². The molecule has 0 saturated carbocycles. The van der Waals surface area contributed by atoms with Crippen LogP contribution in [-0.4, -0.2) is 35.5 Å². The van der Waals surface area contributed by atoms with Gasteiger partial charge in [-0.3, -0.25) is 9.59 Å². The molecular weight excluding hydrogens is 386 g/mol. The lowest BCUT2D eigenvalue weighted by Crippen LogP contribution is -2.26. The highest BCUT2D eigenvalue weighted by Crippen LogP contribution is 2.29. The summed E-state index contributed by atoms with van der Waals surface area (Å²) in [6.07, 6.45) is 1.48. The number of nitrogens with zero attached hydrogens (tertiary/aromatic N) is 2. The summed E-state index contributed by atoms with van der Waals surface area (Å²) < 4.78 is 1.53. The van der Waals surface area contributed by atoms with Crippen molar-refractivity contribution < 1.29 is 9.59 Å². The molecule has 0 bridgehead atoms. The zero-order chi connectivity index (χ0) is 20.6. The molecule has 8 heteroatoms. The smallest absolute Gasteiger partial charge is 0.271 e. The monoisotopic (exact) mass is 409 g/mol. The Bertz CT molecular complexity index is 988. The number of nitrogens with one attached hydrogen (secondary N) is 3. The van der Waals surface area contributed by atoms with Crippen LogP contribution in [-0.2, 0) is 17.1 Å². The molecule has 0 aliphatic rings. The lowest BCUT2D eigenvalue weighted by Gasteiger charge is -2.12. The molecule has 0 saturated heterocycles. The lowest BCUT2D eigenvalue weighted by molar-refractivity contribution is -0.116. The Morgan fingerprint density at radius 3 is 2.48 bits per heavy atom. The summed E-state index contributed by atoms with van der Waals surface area (Å²) >= 11 is 1.66. The number of anilines is 2. The third-order valence-electron chi connectivity index (χ3n) is 4.23. The highest BCUT2D eigenvalue weighted by Gasteiger charge is 2.19. The van der Waals surface area contributed by atoms with Gasteiger partial charge in [-0.1, -0.05) is 42.5 Å². The number of amides is 2. The van der Waals surface area contributed by atoms with Crippen molar-refractivity contribution in [2.45, 2.75) is 17.2 Å². The first-order valence-electron chi connectivity index (χ1n) is 9.13. The molecule has 0 atom stereocenters. The van der Waals surface area contributed by atoms with E-state index >= 15 is 0 Å². The topological polar surface area (TPSA) is 88.1 Å². The molecule has 0 unspecified atom stereocenters. The fourth-order valence-corrected chi connectivity index (χ4v) is 3.78. The Hall–Kier alpha value is -3.26. The molecule has 1 aromatic heterocycles. The van der Waals surface area contributed by atoms with E-state index in [1.54, 1.807) is 25.9 Å². The standard InChI is InChI=1S/C21H23N5O2S/c1-22-20-19(21(28)23-2)26(14-24-20)12-18(27)25-16-10-6-7-11-17(16)29-13-15-8-4-3-5-9-15/h3-11,14,22H,12-13H2,1-2H3,(H,23,28)(H,25,27). The second kappa shape index (κ2) is 9.79. The van der Waals surface area contributed by atoms with Crippen LogP contribution in [0.1, 0.15) is 16.1 Å². The fraction of sp³-hybridized carbons (Fsp3) is 0.190. The zero-order valence-electron chi connectivity index (χ0n) is 16.3. The van der Waals surface area contributed by atoms with Crippen LogP contribution in [0.3, 0.4) is 0 Å². The summed E-state index contributed by atoms with van der Waals surface area (Å²) in [6.45, 7) is -0.0187. The Labute approximate surface area is 173 Å². The summed E-state index contributed by atoms with van der Waals surface area (Å²) in [5.74, 6) is 0.694. The normalized spacial score (nSPS) is 10.4. The number of rotatable bonds is 8. The minimum atomic E-state index is -0.307. The Morgan fingerprint density at radius 1 is 1.03 bits per heavy atom. The molecule has 0 aliphatic carbocycles. The van der Waals surface area contributed by atoms with Crippen molar-refractivity contribution in [3.63, 3.8) is 0 Å². The number of aromatic nitrogens is 2. The largest absolute Gasteiger partial charge is 0.371 e. The maximum atomic E-state index is 12.6. The summed E-state index contributed by atoms with van der Waals surface area (Å²) in [7, 11) is 3.22. The predicted molar refractivity (Wildman–Crippen MR) is 116 cm³/mol. The minimum Gasteiger partial charge on any atom is -0.371 e. The SMILES string of the molecule is CNC(=O)c1c(NC)ncn1CC(=O)Nc1ccccc1SCc1ccccc1. The van der Waals surface area contributed by atoms with Crippen LogP contribution >= 0.6 is 11.8 Å². The molecule has 3 aromatic rings. The number of para-hydroxylation sites is 1. The molecule has 0 aliphatic heterocycles. The van der Waals surface area contributed by atoms with Gasteiger partial charge >= 0.3 is 0 Å². The average molecular weight is 410 g/mol. The number of benzene rings is 2. The van der Waals surface area contributed by atoms with Gasteiger partial charge in [0.05, 0.1) is 12.0 Å². The van der Waals surface area contributed by atoms with Crippen molar-refractivity contribution in [3.05, 3.63) is 72.2 Å². The first-order chi connectivity index (χ1) is 14.1. The van der Waals surface area contributed by atoms with Gasteiger partial charge in [-0.15, -0.1) is 11.8 Å². The van der Waals surface area contributed by atoms with E-state index in [1.165, 1.54) is 16.5 Å². The van der Waals surface area contributed by atoms with Crippen LogP contribution in [0, 0.1) is 0 Å². The molecule has 0 radical (unpaired) electrons. The van der Waals surface area contributed by atoms with Crippen molar-refractivity contribution in [2.24, 2.45) is 0 Å². The first kappa shape index (κ1) is 20.5. The zero-order valence-corrected chi connectivity index (χ0v) is 17.1. The number of carbonyl (C=O) groups is 2. The van der Waals surface area contributed by atoms with Crippen LogP contribution in [0.15, 0.2) is 65.8 Å². The van der Waals surface area contributed by atoms with Gasteiger partial charge in [-0.25, -0.2) is 4.98 Å². The van der Waals surface area contributed by atoms with Gasteiger partial charge in [0, 0.05) is 24.7 Å². The van der Waals surface area contributed by atoms with E-state index in [0.29, 0.717) is 11.5 Å². The summed E-state index contributed by atoms with van der Waals surface area (Å²) in [6, 6.07) is 17.9. The van der Waals surface area contributed by atoms with Crippen LogP contribution in [0.4, 0.5) is 11.5 Å². The molecule has 3 rings (SSSR count). The van der Waals surface area contributed by atoms with Gasteiger partial charge in [0.1, 0.15) is 6.54 Å². The Balaban J connectivity index is 1.70. The van der Waals surface area contributed by atoms with Gasteiger partial charge in [0.25, 0.3) is 5.91 Å². The van der Waals surface area contributed by atoms with Crippen LogP contribution in [0.25, 0.3) is 0 Å². The number of thioether (sulfide) groups is 1. The molecule has 150 valence electrons. The molecule has 3 N–H and O–H groups in total. The van der Waals surface area contributed by atoms with Crippen LogP contribution in [0.2, 0.25) is 0 Å². The minimum absolute atomic E-state index is 0.0187. The Kier molecular flexibility index (Phi) is 6.91. The molecule has 1 heterocycles. The van der Waals surface area contributed by atoms with Crippen molar-refractivity contribution in [3.8, 4) is 0 Å². The quantitative estimate of drug-likeness (QED) is 0.497. The average Bonchev–Trinajstić information content (AvgIpc) is 3.15. The summed E-state index contributed by atoms with van der Waals surface area (Å²) in [5, 5.41) is 8.39. The van der Waals surface area contributed by atoms with Crippen molar-refractivity contribution in [1.29, 1.82) is 0 Å². The maximum Gasteiger partial charge on any atom is 0.271 e. The van der Waals surface area contributed by atoms with Gasteiger partial charge in [0.2, 0.25) is 5.91 Å². The van der Waals surface area contributed by atoms with E-state index in [0.717, 1.165) is 16.3 Å². The van der Waals surface area contributed by atoms with Crippen molar-refractivity contribution in [2.75, 3.05) is 24.7 Å². The van der Waals surface area contributed by atoms with E-state index in [9.17, 15) is 9.59 Å². The highest BCUT2D eigenvalue weighted by molar-refractivity contribution is 7.98. The second-order valence-electron chi connectivity index (χ2n) is 6.22. The van der Waals surface area contributed by atoms with E-state index in [-0.39, 0.29) is 18.4 Å². The predicted octanol–water partition coefficient (Wildman–Crippen LogP) is 3.22. The van der Waals surface area contributed by atoms with Crippen LogP contribution < -0.4 is 16.0 Å². The Morgan fingerprint density at radius 2 is 1.76 bits per heavy atom. The highest BCUT2D eigenvalue weighted by atomic mass is 32.2. The molecule has 0 fully saturated rings. The maximum absolute atomic E-state index is 12.6. The van der Waals surface area contributed by atoms with Gasteiger partial charge in [-0.05, 0) is 17.7 Å². The number of carbonyl (C=O) groups excluding carboxylic acids is 2. The van der Waals surface area contributed by atoms with Crippen LogP contribution in [0.5, 0.6) is 0 Å². The molecule has 7 nitrogen and oxygen atoms in total. The van der Waals surface area contributed by atoms with E-state index < -0.39 is 0 Å². The number of hydrogen-bond acceptors (Lipinski definition) is 5. The van der Waals surface area contributed by atoms with E-state index in [4.69, 9.17) is 0 Å². The number of imidazole rings is 1. The third kappa shape index (κ3) is 5.17. The molecular formula is C21H23N5O2S. The molecule has 2 aromatic carbocycles. The van der Waals surface area contributed by atoms with Gasteiger partial charge in [0.15, 0.2) is 11.5 Å². The fourth-order valence-electron chi connectivity index (χ4n) is 2.82. The van der Waals surface area contributed by atoms with Gasteiger partial charge in [-0.2, -0.15) is 0 Å². The molecule has 2 amide bonds. The lowest BCUT2D eigenvalue weighted by atomic mass is 10.2. The molecule has 29 heavy (non-hydrogen) atoms. The third-order valence-corrected chi connectivity index (χ3v) is 5.37. The van der Waals surface area contributed by atoms with Crippen molar-refractivity contribution in [1.82, 2.24) is 14.9 Å². The number of hydrogen-bond donors (Lipinski definition) is 3. The molecule has 0 spiro atoms. The van der Waals surface area contributed by atoms with E-state index in [1.807, 2.05) is 42.5 Å². The second-order valence-corrected chi connectivity index (χ2v) is 7.23. The van der Waals surface area contributed by atoms with E-state index in [2.05, 4.69) is 33.1 Å². The summed E-state index contributed by atoms with van der Waals surface area (Å²) in [4.78, 5) is 29.9. The first-order valence-corrected chi connectivity index (χ1v) is 10.1. The van der Waals surface area contributed by atoms with Crippen molar-refractivity contribution >= 4 is 35.1 Å².